The Morgan fingerprint density at radius 3 is 2.56 bits per heavy atom. The van der Waals surface area contributed by atoms with Crippen molar-refractivity contribution in [3.63, 3.8) is 0 Å². The van der Waals surface area contributed by atoms with Crippen LogP contribution < -0.4 is 0 Å². The molecular weight excluding hydrogens is 321 g/mol. The Balaban J connectivity index is 1.59. The lowest BCUT2D eigenvalue weighted by atomic mass is 10.1. The van der Waals surface area contributed by atoms with Gasteiger partial charge in [0.2, 0.25) is 5.91 Å². The van der Waals surface area contributed by atoms with Gasteiger partial charge in [0.05, 0.1) is 12.0 Å². The Hall–Kier alpha value is -2.63. The predicted octanol–water partition coefficient (Wildman–Crippen LogP) is 2.08. The standard InChI is InChI=1S/C19H22FN3O2/c1-21-9-6-16(14-21)19(25)23-8-3-7-22(10-11-23)18(24)13-15-4-2-5-17(20)12-15/h2,4-6,9,12,14H,3,7-8,10-11,13H2,1H3. The lowest BCUT2D eigenvalue weighted by Crippen LogP contribution is -2.37. The van der Waals surface area contributed by atoms with Crippen LogP contribution in [0.25, 0.3) is 0 Å². The van der Waals surface area contributed by atoms with Crippen molar-refractivity contribution in [2.24, 2.45) is 7.05 Å². The quantitative estimate of drug-likeness (QED) is 0.857. The summed E-state index contributed by atoms with van der Waals surface area (Å²) in [6, 6.07) is 7.93. The normalized spacial score (nSPS) is 15.1. The number of benzene rings is 1. The molecule has 5 nitrogen and oxygen atoms in total. The maximum atomic E-state index is 13.3. The maximum Gasteiger partial charge on any atom is 0.255 e. The summed E-state index contributed by atoms with van der Waals surface area (Å²) in [6.45, 7) is 2.28. The first-order valence-electron chi connectivity index (χ1n) is 8.46. The number of aromatic nitrogens is 1. The highest BCUT2D eigenvalue weighted by Crippen LogP contribution is 2.12. The zero-order valence-electron chi connectivity index (χ0n) is 14.3. The first kappa shape index (κ1) is 17.2. The Morgan fingerprint density at radius 2 is 1.84 bits per heavy atom. The molecule has 25 heavy (non-hydrogen) atoms. The molecule has 0 spiro atoms. The number of hydrogen-bond acceptors (Lipinski definition) is 2. The van der Waals surface area contributed by atoms with Gasteiger partial charge in [0.1, 0.15) is 5.82 Å². The fourth-order valence-electron chi connectivity index (χ4n) is 3.12. The summed E-state index contributed by atoms with van der Waals surface area (Å²) in [5.41, 5.74) is 1.34. The van der Waals surface area contributed by atoms with E-state index in [1.165, 1.54) is 12.1 Å². The van der Waals surface area contributed by atoms with Gasteiger partial charge in [-0.3, -0.25) is 9.59 Å². The van der Waals surface area contributed by atoms with Gasteiger partial charge in [0.15, 0.2) is 0 Å². The zero-order valence-corrected chi connectivity index (χ0v) is 14.3. The van der Waals surface area contributed by atoms with Crippen LogP contribution in [0.2, 0.25) is 0 Å². The topological polar surface area (TPSA) is 45.6 Å². The van der Waals surface area contributed by atoms with Crippen LogP contribution in [0, 0.1) is 5.82 Å². The molecule has 3 rings (SSSR count). The number of carbonyl (C=O) groups is 2. The van der Waals surface area contributed by atoms with Crippen LogP contribution in [-0.4, -0.2) is 52.4 Å². The van der Waals surface area contributed by atoms with E-state index in [1.54, 1.807) is 34.2 Å². The summed E-state index contributed by atoms with van der Waals surface area (Å²) in [4.78, 5) is 28.6. The van der Waals surface area contributed by atoms with Crippen molar-refractivity contribution >= 4 is 11.8 Å². The van der Waals surface area contributed by atoms with Gasteiger partial charge in [0, 0.05) is 45.6 Å². The van der Waals surface area contributed by atoms with Crippen LogP contribution >= 0.6 is 0 Å². The van der Waals surface area contributed by atoms with Crippen molar-refractivity contribution in [1.82, 2.24) is 14.4 Å². The average Bonchev–Trinajstić information content (AvgIpc) is 2.87. The minimum atomic E-state index is -0.333. The van der Waals surface area contributed by atoms with E-state index >= 15 is 0 Å². The number of hydrogen-bond donors (Lipinski definition) is 0. The number of carbonyl (C=O) groups excluding carboxylic acids is 2. The lowest BCUT2D eigenvalue weighted by molar-refractivity contribution is -0.130. The summed E-state index contributed by atoms with van der Waals surface area (Å²) in [6.07, 6.45) is 4.58. The van der Waals surface area contributed by atoms with Gasteiger partial charge in [-0.05, 0) is 30.2 Å². The Bertz CT molecular complexity index is 772. The Labute approximate surface area is 146 Å². The SMILES string of the molecule is Cn1ccc(C(=O)N2CCCN(C(=O)Cc3cccc(F)c3)CC2)c1. The molecule has 0 N–H and O–H groups in total. The smallest absolute Gasteiger partial charge is 0.255 e. The van der Waals surface area contributed by atoms with Crippen LogP contribution in [0.3, 0.4) is 0 Å². The molecule has 2 aromatic rings. The summed E-state index contributed by atoms with van der Waals surface area (Å²) in [5.74, 6) is -0.361. The molecule has 1 aliphatic heterocycles. The zero-order chi connectivity index (χ0) is 17.8. The van der Waals surface area contributed by atoms with Crippen LogP contribution in [0.4, 0.5) is 4.39 Å². The summed E-state index contributed by atoms with van der Waals surface area (Å²) < 4.78 is 15.1. The highest BCUT2D eigenvalue weighted by molar-refractivity contribution is 5.94. The fourth-order valence-corrected chi connectivity index (χ4v) is 3.12. The van der Waals surface area contributed by atoms with Crippen molar-refractivity contribution < 1.29 is 14.0 Å². The van der Waals surface area contributed by atoms with E-state index in [-0.39, 0.29) is 24.1 Å². The minimum Gasteiger partial charge on any atom is -0.356 e. The van der Waals surface area contributed by atoms with E-state index in [2.05, 4.69) is 0 Å². The van der Waals surface area contributed by atoms with Crippen molar-refractivity contribution in [3.8, 4) is 0 Å². The lowest BCUT2D eigenvalue weighted by Gasteiger charge is -2.22. The van der Waals surface area contributed by atoms with Crippen molar-refractivity contribution in [2.45, 2.75) is 12.8 Å². The second kappa shape index (κ2) is 7.51. The van der Waals surface area contributed by atoms with E-state index in [0.717, 1.165) is 6.42 Å². The van der Waals surface area contributed by atoms with E-state index in [1.807, 2.05) is 17.8 Å². The van der Waals surface area contributed by atoms with Gasteiger partial charge >= 0.3 is 0 Å². The van der Waals surface area contributed by atoms with Crippen molar-refractivity contribution in [2.75, 3.05) is 26.2 Å². The highest BCUT2D eigenvalue weighted by Gasteiger charge is 2.23. The Kier molecular flexibility index (Phi) is 5.16. The molecule has 132 valence electrons. The van der Waals surface area contributed by atoms with Gasteiger partial charge in [-0.2, -0.15) is 0 Å². The number of halogens is 1. The molecule has 1 saturated heterocycles. The number of rotatable bonds is 3. The summed E-state index contributed by atoms with van der Waals surface area (Å²) in [5, 5.41) is 0. The van der Waals surface area contributed by atoms with Crippen LogP contribution in [0.1, 0.15) is 22.3 Å². The van der Waals surface area contributed by atoms with Gasteiger partial charge in [-0.1, -0.05) is 12.1 Å². The minimum absolute atomic E-state index is 0.0000272. The molecule has 0 aliphatic carbocycles. The van der Waals surface area contributed by atoms with Crippen molar-refractivity contribution in [3.05, 3.63) is 59.7 Å². The second-order valence-electron chi connectivity index (χ2n) is 6.40. The van der Waals surface area contributed by atoms with Gasteiger partial charge in [-0.15, -0.1) is 0 Å². The number of aryl methyl sites for hydroxylation is 1. The third-order valence-corrected chi connectivity index (χ3v) is 4.46. The summed E-state index contributed by atoms with van der Waals surface area (Å²) >= 11 is 0. The molecule has 1 fully saturated rings. The van der Waals surface area contributed by atoms with Gasteiger partial charge < -0.3 is 14.4 Å². The highest BCUT2D eigenvalue weighted by atomic mass is 19.1. The first-order chi connectivity index (χ1) is 12.0. The molecule has 0 unspecified atom stereocenters. The number of amides is 2. The van der Waals surface area contributed by atoms with Gasteiger partial charge in [0.25, 0.3) is 5.91 Å². The molecule has 0 radical (unpaired) electrons. The Morgan fingerprint density at radius 1 is 1.08 bits per heavy atom. The first-order valence-corrected chi connectivity index (χ1v) is 8.46. The van der Waals surface area contributed by atoms with Crippen LogP contribution in [-0.2, 0) is 18.3 Å². The van der Waals surface area contributed by atoms with Gasteiger partial charge in [-0.25, -0.2) is 4.39 Å². The molecule has 1 aromatic heterocycles. The van der Waals surface area contributed by atoms with E-state index in [9.17, 15) is 14.0 Å². The predicted molar refractivity (Wildman–Crippen MR) is 92.6 cm³/mol. The molecule has 2 amide bonds. The van der Waals surface area contributed by atoms with E-state index < -0.39 is 0 Å². The molecule has 2 heterocycles. The monoisotopic (exact) mass is 343 g/mol. The largest absolute Gasteiger partial charge is 0.356 e. The van der Waals surface area contributed by atoms with E-state index in [0.29, 0.717) is 37.3 Å². The molecule has 6 heteroatoms. The van der Waals surface area contributed by atoms with Crippen LogP contribution in [0.15, 0.2) is 42.7 Å². The molecule has 1 aromatic carbocycles. The third-order valence-electron chi connectivity index (χ3n) is 4.46. The van der Waals surface area contributed by atoms with Crippen LogP contribution in [0.5, 0.6) is 0 Å². The second-order valence-corrected chi connectivity index (χ2v) is 6.40. The maximum absolute atomic E-state index is 13.3. The molecular formula is C19H22FN3O2. The molecule has 0 atom stereocenters. The molecule has 0 saturated carbocycles. The third kappa shape index (κ3) is 4.26. The molecule has 0 bridgehead atoms. The van der Waals surface area contributed by atoms with E-state index in [4.69, 9.17) is 0 Å². The summed E-state index contributed by atoms with van der Waals surface area (Å²) in [7, 11) is 1.88. The number of nitrogens with zero attached hydrogens (tertiary/aromatic N) is 3. The van der Waals surface area contributed by atoms with Crippen molar-refractivity contribution in [1.29, 1.82) is 0 Å². The molecule has 1 aliphatic rings. The fraction of sp³-hybridized carbons (Fsp3) is 0.368. The average molecular weight is 343 g/mol.